The highest BCUT2D eigenvalue weighted by Crippen LogP contribution is 2.34. The summed E-state index contributed by atoms with van der Waals surface area (Å²) in [5.74, 6) is 1.85. The lowest BCUT2D eigenvalue weighted by Gasteiger charge is -2.28. The van der Waals surface area contributed by atoms with Gasteiger partial charge < -0.3 is 15.6 Å². The van der Waals surface area contributed by atoms with Gasteiger partial charge in [-0.25, -0.2) is 4.98 Å². The maximum absolute atomic E-state index is 12.5. The smallest absolute Gasteiger partial charge is 0.312 e. The number of nitrogens with zero attached hydrogens (tertiary/aromatic N) is 3. The number of halogens is 2. The van der Waals surface area contributed by atoms with Crippen molar-refractivity contribution in [1.82, 2.24) is 19.9 Å². The maximum atomic E-state index is 12.5. The van der Waals surface area contributed by atoms with Gasteiger partial charge in [0, 0.05) is 65.6 Å². The molecule has 1 unspecified atom stereocenters. The Morgan fingerprint density at radius 1 is 1.56 bits per heavy atom. The average molecular weight is 413 g/mol. The van der Waals surface area contributed by atoms with E-state index in [4.69, 9.17) is 5.41 Å². The Labute approximate surface area is 165 Å². The first-order valence-electron chi connectivity index (χ1n) is 8.70. The molecule has 0 radical (unpaired) electrons. The van der Waals surface area contributed by atoms with Crippen LogP contribution in [0.25, 0.3) is 0 Å². The highest BCUT2D eigenvalue weighted by Gasteiger charge is 2.36. The van der Waals surface area contributed by atoms with Gasteiger partial charge >= 0.3 is 6.55 Å². The lowest BCUT2D eigenvalue weighted by molar-refractivity contribution is 0.125. The van der Waals surface area contributed by atoms with E-state index in [1.165, 1.54) is 17.5 Å². The van der Waals surface area contributed by atoms with Crippen LogP contribution < -0.4 is 10.0 Å². The fourth-order valence-electron chi connectivity index (χ4n) is 3.07. The number of hydrogen-bond donors (Lipinski definition) is 3. The molecule has 3 rings (SSSR count). The monoisotopic (exact) mass is 412 g/mol. The molecule has 6 nitrogen and oxygen atoms in total. The normalized spacial score (nSPS) is 20.1. The summed E-state index contributed by atoms with van der Waals surface area (Å²) in [6, 6.07) is 0.227. The summed E-state index contributed by atoms with van der Waals surface area (Å²) in [6.45, 7) is 0.559. The second-order valence-corrected chi connectivity index (χ2v) is 7.92. The molecule has 146 valence electrons. The van der Waals surface area contributed by atoms with Gasteiger partial charge in [-0.1, -0.05) is 18.9 Å². The third-order valence-corrected chi connectivity index (χ3v) is 6.09. The second-order valence-electron chi connectivity index (χ2n) is 6.09. The van der Waals surface area contributed by atoms with Crippen LogP contribution in [0.15, 0.2) is 39.6 Å². The van der Waals surface area contributed by atoms with Crippen molar-refractivity contribution in [1.29, 1.82) is 5.41 Å². The van der Waals surface area contributed by atoms with E-state index in [1.54, 1.807) is 18.1 Å². The van der Waals surface area contributed by atoms with Crippen LogP contribution >= 0.6 is 23.3 Å². The average Bonchev–Trinajstić information content (AvgIpc) is 3.32. The molecule has 1 fully saturated rings. The lowest BCUT2D eigenvalue weighted by atomic mass is 10.0. The number of aromatic nitrogens is 1. The van der Waals surface area contributed by atoms with E-state index in [1.807, 2.05) is 10.7 Å². The molecule has 1 aromatic heterocycles. The second kappa shape index (κ2) is 9.43. The van der Waals surface area contributed by atoms with Crippen molar-refractivity contribution in [2.75, 3.05) is 18.8 Å². The number of rotatable bonds is 9. The van der Waals surface area contributed by atoms with E-state index in [0.717, 1.165) is 53.5 Å². The van der Waals surface area contributed by atoms with E-state index in [9.17, 15) is 8.78 Å². The number of fused-ring (bicyclic) bond motifs is 1. The molecule has 0 bridgehead atoms. The van der Waals surface area contributed by atoms with Crippen LogP contribution in [0, 0.1) is 5.41 Å². The van der Waals surface area contributed by atoms with E-state index < -0.39 is 6.55 Å². The topological polar surface area (TPSA) is 76.4 Å². The van der Waals surface area contributed by atoms with Gasteiger partial charge in [0.1, 0.15) is 0 Å². The van der Waals surface area contributed by atoms with E-state index in [-0.39, 0.29) is 6.04 Å². The predicted octanol–water partition coefficient (Wildman–Crippen LogP) is 3.23. The number of aliphatic imine (C=N–C) groups is 1. The Morgan fingerprint density at radius 2 is 2.41 bits per heavy atom. The summed E-state index contributed by atoms with van der Waals surface area (Å²) in [5, 5.41) is 12.4. The Hall–Kier alpha value is -1.78. The van der Waals surface area contributed by atoms with Crippen LogP contribution in [-0.2, 0) is 0 Å². The Balaban J connectivity index is 1.88. The van der Waals surface area contributed by atoms with Gasteiger partial charge in [0.15, 0.2) is 10.8 Å². The number of amidine groups is 1. The number of hydrogen-bond acceptors (Lipinski definition) is 8. The lowest BCUT2D eigenvalue weighted by Crippen LogP contribution is -2.35. The molecule has 1 aromatic rings. The standard InChI is InChI=1S/C17H22F2N6S2/c1-2-4-27-24-12-6-14-13(11(7-20)8-23-17(18)19)9-22-15(25(14)10-12)16-21-3-5-26-16/h3,5,7-8,12,17,20,23-24H,2,4,6,9-10H2,1H3/b11-8+,20-7?. The van der Waals surface area contributed by atoms with Crippen molar-refractivity contribution in [2.45, 2.75) is 32.4 Å². The van der Waals surface area contributed by atoms with Gasteiger partial charge in [-0.15, -0.1) is 11.3 Å². The molecule has 0 aromatic carbocycles. The number of thiazole rings is 1. The van der Waals surface area contributed by atoms with Gasteiger partial charge in [-0.2, -0.15) is 8.78 Å². The van der Waals surface area contributed by atoms with Crippen molar-refractivity contribution in [2.24, 2.45) is 4.99 Å². The maximum Gasteiger partial charge on any atom is 0.312 e. The van der Waals surface area contributed by atoms with Crippen LogP contribution in [0.4, 0.5) is 8.78 Å². The van der Waals surface area contributed by atoms with Crippen molar-refractivity contribution >= 4 is 35.3 Å². The highest BCUT2D eigenvalue weighted by molar-refractivity contribution is 7.97. The minimum atomic E-state index is -2.66. The van der Waals surface area contributed by atoms with E-state index in [2.05, 4.69) is 26.5 Å². The molecular weight excluding hydrogens is 390 g/mol. The summed E-state index contributed by atoms with van der Waals surface area (Å²) in [5.41, 5.74) is 2.26. The highest BCUT2D eigenvalue weighted by atomic mass is 32.2. The van der Waals surface area contributed by atoms with Gasteiger partial charge in [-0.3, -0.25) is 9.71 Å². The fraction of sp³-hybridized carbons (Fsp3) is 0.471. The largest absolute Gasteiger partial charge is 0.336 e. The van der Waals surface area contributed by atoms with E-state index in [0.29, 0.717) is 12.1 Å². The van der Waals surface area contributed by atoms with Gasteiger partial charge in [0.25, 0.3) is 0 Å². The summed E-state index contributed by atoms with van der Waals surface area (Å²) in [7, 11) is 0. The van der Waals surface area contributed by atoms with Crippen molar-refractivity contribution in [3.63, 3.8) is 0 Å². The molecular formula is C17H22F2N6S2. The fourth-order valence-corrected chi connectivity index (χ4v) is 4.44. The Morgan fingerprint density at radius 3 is 3.07 bits per heavy atom. The molecule has 1 atom stereocenters. The van der Waals surface area contributed by atoms with Crippen molar-refractivity contribution in [3.8, 4) is 0 Å². The molecule has 0 saturated carbocycles. The summed E-state index contributed by atoms with van der Waals surface area (Å²) in [6.07, 6.45) is 5.91. The zero-order valence-corrected chi connectivity index (χ0v) is 16.5. The van der Waals surface area contributed by atoms with Crippen LogP contribution in [0.1, 0.15) is 24.8 Å². The third kappa shape index (κ3) is 4.74. The molecule has 3 heterocycles. The molecule has 2 aliphatic heterocycles. The van der Waals surface area contributed by atoms with Gasteiger partial charge in [-0.05, 0) is 6.42 Å². The van der Waals surface area contributed by atoms with E-state index >= 15 is 0 Å². The number of alkyl halides is 2. The first-order chi connectivity index (χ1) is 13.1. The molecule has 0 spiro atoms. The molecule has 0 amide bonds. The molecule has 10 heteroatoms. The van der Waals surface area contributed by atoms with Crippen LogP contribution in [0.5, 0.6) is 0 Å². The van der Waals surface area contributed by atoms with Crippen LogP contribution in [-0.4, -0.2) is 53.4 Å². The first kappa shape index (κ1) is 20.0. The van der Waals surface area contributed by atoms with Crippen LogP contribution in [0.3, 0.4) is 0 Å². The minimum Gasteiger partial charge on any atom is -0.336 e. The SMILES string of the molecule is CCCSNC1CC2=C(/C(C=N)=C/NC(F)F)CN=C(c3nccs3)N2C1. The zero-order chi connectivity index (χ0) is 19.2. The Kier molecular flexibility index (Phi) is 6.97. The zero-order valence-electron chi connectivity index (χ0n) is 14.9. The van der Waals surface area contributed by atoms with Crippen molar-refractivity contribution in [3.05, 3.63) is 39.6 Å². The van der Waals surface area contributed by atoms with Crippen LogP contribution in [0.2, 0.25) is 0 Å². The molecule has 1 saturated heterocycles. The summed E-state index contributed by atoms with van der Waals surface area (Å²) < 4.78 is 28.6. The predicted molar refractivity (Wildman–Crippen MR) is 108 cm³/mol. The minimum absolute atomic E-state index is 0.227. The first-order valence-corrected chi connectivity index (χ1v) is 10.6. The Bertz CT molecular complexity index is 745. The number of nitrogens with one attached hydrogen (secondary N) is 3. The summed E-state index contributed by atoms with van der Waals surface area (Å²) in [4.78, 5) is 11.2. The van der Waals surface area contributed by atoms with Crippen molar-refractivity contribution < 1.29 is 8.78 Å². The van der Waals surface area contributed by atoms with Gasteiger partial charge in [0.05, 0.1) is 6.54 Å². The summed E-state index contributed by atoms with van der Waals surface area (Å²) >= 11 is 3.23. The molecule has 0 aliphatic carbocycles. The quantitative estimate of drug-likeness (QED) is 0.251. The molecule has 3 N–H and O–H groups in total. The molecule has 2 aliphatic rings. The van der Waals surface area contributed by atoms with Gasteiger partial charge in [0.2, 0.25) is 0 Å². The third-order valence-electron chi connectivity index (χ3n) is 4.21. The molecule has 27 heavy (non-hydrogen) atoms.